The molecule has 0 atom stereocenters. The van der Waals surface area contributed by atoms with Gasteiger partial charge in [-0.3, -0.25) is 9.59 Å². The molecule has 0 spiro atoms. The molecular weight excluding hydrogens is 300 g/mol. The Hall–Kier alpha value is -2.62. The topological polar surface area (TPSA) is 49.4 Å². The summed E-state index contributed by atoms with van der Waals surface area (Å²) in [6, 6.07) is 13.9. The van der Waals surface area contributed by atoms with Gasteiger partial charge in [-0.15, -0.1) is 0 Å². The summed E-state index contributed by atoms with van der Waals surface area (Å²) in [4.78, 5) is 26.5. The molecule has 0 radical (unpaired) electrons. The molecule has 1 heterocycles. The maximum atomic E-state index is 12.4. The van der Waals surface area contributed by atoms with Crippen LogP contribution in [0.2, 0.25) is 0 Å². The van der Waals surface area contributed by atoms with E-state index in [9.17, 15) is 9.59 Å². The van der Waals surface area contributed by atoms with Crippen LogP contribution in [0.1, 0.15) is 32.6 Å². The summed E-state index contributed by atoms with van der Waals surface area (Å²) in [5, 5.41) is 2.74. The molecule has 0 aromatic heterocycles. The highest BCUT2D eigenvalue weighted by atomic mass is 16.2. The molecular formula is C20H22N2O2. The lowest BCUT2D eigenvalue weighted by Gasteiger charge is -2.29. The minimum absolute atomic E-state index is 0.0357. The predicted molar refractivity (Wildman–Crippen MR) is 93.8 cm³/mol. The second-order valence-corrected chi connectivity index (χ2v) is 6.39. The smallest absolute Gasteiger partial charge is 0.251 e. The van der Waals surface area contributed by atoms with Crippen molar-refractivity contribution >= 4 is 11.8 Å². The fourth-order valence-electron chi connectivity index (χ4n) is 3.18. The van der Waals surface area contributed by atoms with Gasteiger partial charge in [-0.25, -0.2) is 0 Å². The maximum Gasteiger partial charge on any atom is 0.251 e. The van der Waals surface area contributed by atoms with Crippen LogP contribution in [0, 0.1) is 13.8 Å². The molecule has 1 N–H and O–H groups in total. The van der Waals surface area contributed by atoms with E-state index in [2.05, 4.69) is 17.4 Å². The van der Waals surface area contributed by atoms with Crippen LogP contribution in [0.15, 0.2) is 42.5 Å². The van der Waals surface area contributed by atoms with Crippen LogP contribution < -0.4 is 5.32 Å². The summed E-state index contributed by atoms with van der Waals surface area (Å²) in [6.45, 7) is 5.28. The van der Waals surface area contributed by atoms with Gasteiger partial charge in [0.05, 0.1) is 6.54 Å². The van der Waals surface area contributed by atoms with E-state index in [1.165, 1.54) is 11.1 Å². The predicted octanol–water partition coefficient (Wildman–Crippen LogP) is 2.62. The van der Waals surface area contributed by atoms with Crippen LogP contribution in [0.3, 0.4) is 0 Å². The third-order valence-electron chi connectivity index (χ3n) is 4.37. The van der Waals surface area contributed by atoms with Crippen LogP contribution in [-0.4, -0.2) is 29.8 Å². The van der Waals surface area contributed by atoms with Gasteiger partial charge in [0.15, 0.2) is 0 Å². The second kappa shape index (κ2) is 6.87. The van der Waals surface area contributed by atoms with Gasteiger partial charge in [-0.05, 0) is 43.5 Å². The van der Waals surface area contributed by atoms with Crippen LogP contribution >= 0.6 is 0 Å². The van der Waals surface area contributed by atoms with Crippen molar-refractivity contribution in [1.82, 2.24) is 10.2 Å². The monoisotopic (exact) mass is 322 g/mol. The van der Waals surface area contributed by atoms with Gasteiger partial charge in [0.25, 0.3) is 5.91 Å². The summed E-state index contributed by atoms with van der Waals surface area (Å²) < 4.78 is 0. The normalized spacial score (nSPS) is 13.3. The largest absolute Gasteiger partial charge is 0.343 e. The molecule has 0 aliphatic carbocycles. The van der Waals surface area contributed by atoms with Gasteiger partial charge < -0.3 is 10.2 Å². The van der Waals surface area contributed by atoms with Gasteiger partial charge in [0, 0.05) is 18.7 Å². The lowest BCUT2D eigenvalue weighted by atomic mass is 10.00. The van der Waals surface area contributed by atoms with Gasteiger partial charge in [-0.1, -0.05) is 41.5 Å². The van der Waals surface area contributed by atoms with Crippen LogP contribution in [-0.2, 0) is 17.8 Å². The Balaban J connectivity index is 1.59. The Bertz CT molecular complexity index is 763. The minimum Gasteiger partial charge on any atom is -0.343 e. The highest BCUT2D eigenvalue weighted by Gasteiger charge is 2.20. The third kappa shape index (κ3) is 3.65. The Morgan fingerprint density at radius 1 is 1.04 bits per heavy atom. The molecule has 1 aliphatic heterocycles. The number of carbonyl (C=O) groups excluding carboxylic acids is 2. The molecule has 1 aliphatic rings. The number of fused-ring (bicyclic) bond motifs is 1. The molecule has 124 valence electrons. The molecule has 4 heteroatoms. The number of nitrogens with zero attached hydrogens (tertiary/aromatic N) is 1. The molecule has 2 aromatic rings. The van der Waals surface area contributed by atoms with E-state index < -0.39 is 0 Å². The second-order valence-electron chi connectivity index (χ2n) is 6.39. The zero-order valence-electron chi connectivity index (χ0n) is 14.1. The number of rotatable bonds is 3. The lowest BCUT2D eigenvalue weighted by Crippen LogP contribution is -2.42. The van der Waals surface area contributed by atoms with Crippen LogP contribution in [0.25, 0.3) is 0 Å². The van der Waals surface area contributed by atoms with E-state index in [-0.39, 0.29) is 18.4 Å². The van der Waals surface area contributed by atoms with E-state index in [0.29, 0.717) is 18.7 Å². The number of benzene rings is 2. The van der Waals surface area contributed by atoms with E-state index in [1.54, 1.807) is 0 Å². The first kappa shape index (κ1) is 16.2. The van der Waals surface area contributed by atoms with Crippen molar-refractivity contribution in [3.05, 3.63) is 70.3 Å². The average molecular weight is 322 g/mol. The first-order chi connectivity index (χ1) is 11.5. The Morgan fingerprint density at radius 2 is 1.71 bits per heavy atom. The zero-order chi connectivity index (χ0) is 17.1. The lowest BCUT2D eigenvalue weighted by molar-refractivity contribution is -0.131. The summed E-state index contributed by atoms with van der Waals surface area (Å²) in [6.07, 6.45) is 0.868. The van der Waals surface area contributed by atoms with Crippen molar-refractivity contribution in [1.29, 1.82) is 0 Å². The number of hydrogen-bond donors (Lipinski definition) is 1. The fraction of sp³-hybridized carbons (Fsp3) is 0.300. The molecule has 0 saturated heterocycles. The first-order valence-electron chi connectivity index (χ1n) is 8.24. The van der Waals surface area contributed by atoms with Gasteiger partial charge in [0.2, 0.25) is 5.91 Å². The van der Waals surface area contributed by atoms with E-state index in [4.69, 9.17) is 0 Å². The summed E-state index contributed by atoms with van der Waals surface area (Å²) in [5.41, 5.74) is 5.18. The average Bonchev–Trinajstić information content (AvgIpc) is 2.58. The molecule has 3 rings (SSSR count). The summed E-state index contributed by atoms with van der Waals surface area (Å²) in [5.74, 6) is -0.241. The Morgan fingerprint density at radius 3 is 2.42 bits per heavy atom. The fourth-order valence-corrected chi connectivity index (χ4v) is 3.18. The summed E-state index contributed by atoms with van der Waals surface area (Å²) >= 11 is 0. The Labute approximate surface area is 142 Å². The molecule has 0 unspecified atom stereocenters. The van der Waals surface area contributed by atoms with Crippen molar-refractivity contribution < 1.29 is 9.59 Å². The molecule has 2 amide bonds. The van der Waals surface area contributed by atoms with Gasteiger partial charge in [-0.2, -0.15) is 0 Å². The van der Waals surface area contributed by atoms with Crippen LogP contribution in [0.4, 0.5) is 0 Å². The molecule has 4 nitrogen and oxygen atoms in total. The van der Waals surface area contributed by atoms with E-state index in [0.717, 1.165) is 17.5 Å². The zero-order valence-corrected chi connectivity index (χ0v) is 14.1. The number of nitrogens with one attached hydrogen (secondary N) is 1. The number of aryl methyl sites for hydroxylation is 2. The van der Waals surface area contributed by atoms with Crippen molar-refractivity contribution in [3.63, 3.8) is 0 Å². The van der Waals surface area contributed by atoms with Crippen molar-refractivity contribution in [2.24, 2.45) is 0 Å². The van der Waals surface area contributed by atoms with Crippen molar-refractivity contribution in [2.45, 2.75) is 26.8 Å². The molecule has 2 aromatic carbocycles. The van der Waals surface area contributed by atoms with Crippen LogP contribution in [0.5, 0.6) is 0 Å². The van der Waals surface area contributed by atoms with Crippen molar-refractivity contribution in [2.75, 3.05) is 13.1 Å². The first-order valence-corrected chi connectivity index (χ1v) is 8.24. The van der Waals surface area contributed by atoms with E-state index in [1.807, 2.05) is 49.1 Å². The number of hydrogen-bond acceptors (Lipinski definition) is 2. The van der Waals surface area contributed by atoms with Gasteiger partial charge >= 0.3 is 0 Å². The number of carbonyl (C=O) groups is 2. The molecule has 24 heavy (non-hydrogen) atoms. The minimum atomic E-state index is -0.201. The van der Waals surface area contributed by atoms with Gasteiger partial charge in [0.1, 0.15) is 0 Å². The Kier molecular flexibility index (Phi) is 4.65. The molecule has 0 bridgehead atoms. The third-order valence-corrected chi connectivity index (χ3v) is 4.37. The quantitative estimate of drug-likeness (QED) is 0.944. The van der Waals surface area contributed by atoms with E-state index >= 15 is 0 Å². The molecule has 0 saturated carbocycles. The maximum absolute atomic E-state index is 12.4. The summed E-state index contributed by atoms with van der Waals surface area (Å²) in [7, 11) is 0. The highest BCUT2D eigenvalue weighted by molar-refractivity contribution is 5.96. The highest BCUT2D eigenvalue weighted by Crippen LogP contribution is 2.18. The molecule has 0 fully saturated rings. The SMILES string of the molecule is Cc1cc(C)cc(C(=O)NCC(=O)N2CCc3ccccc3C2)c1. The standard InChI is InChI=1S/C20H22N2O2/c1-14-9-15(2)11-18(10-14)20(24)21-12-19(23)22-8-7-16-5-3-4-6-17(16)13-22/h3-6,9-11H,7-8,12-13H2,1-2H3,(H,21,24). The van der Waals surface area contributed by atoms with Crippen molar-refractivity contribution in [3.8, 4) is 0 Å². The number of amides is 2.